The highest BCUT2D eigenvalue weighted by Gasteiger charge is 2.15. The van der Waals surface area contributed by atoms with E-state index in [1.807, 2.05) is 0 Å². The third-order valence-corrected chi connectivity index (χ3v) is 4.23. The lowest BCUT2D eigenvalue weighted by Gasteiger charge is -2.11. The molecule has 0 fully saturated rings. The molecule has 0 aliphatic carbocycles. The number of aliphatic hydroxyl groups excluding tert-OH is 1. The molecule has 0 unspecified atom stereocenters. The van der Waals surface area contributed by atoms with Crippen LogP contribution in [0.1, 0.15) is 11.1 Å². The number of sulfonamides is 1. The highest BCUT2D eigenvalue weighted by molar-refractivity contribution is 7.92. The van der Waals surface area contributed by atoms with Gasteiger partial charge in [-0.05, 0) is 48.4 Å². The molecular weight excluding hydrogens is 281 g/mol. The van der Waals surface area contributed by atoms with Crippen molar-refractivity contribution in [3.05, 3.63) is 59.4 Å². The molecule has 6 heteroatoms. The maximum absolute atomic E-state index is 12.8. The van der Waals surface area contributed by atoms with E-state index >= 15 is 0 Å². The second-order valence-corrected chi connectivity index (χ2v) is 6.05. The number of halogens is 1. The van der Waals surface area contributed by atoms with Gasteiger partial charge < -0.3 is 5.11 Å². The third kappa shape index (κ3) is 3.15. The number of nitrogens with one attached hydrogen (secondary N) is 1. The van der Waals surface area contributed by atoms with Gasteiger partial charge in [0.2, 0.25) is 0 Å². The van der Waals surface area contributed by atoms with E-state index in [2.05, 4.69) is 4.72 Å². The first-order valence-corrected chi connectivity index (χ1v) is 7.39. The van der Waals surface area contributed by atoms with Crippen molar-refractivity contribution in [1.82, 2.24) is 0 Å². The topological polar surface area (TPSA) is 66.4 Å². The van der Waals surface area contributed by atoms with Crippen LogP contribution in [0.25, 0.3) is 0 Å². The molecule has 0 heterocycles. The maximum atomic E-state index is 12.8. The molecule has 0 spiro atoms. The Balaban J connectivity index is 2.35. The van der Waals surface area contributed by atoms with Gasteiger partial charge in [-0.25, -0.2) is 12.8 Å². The van der Waals surface area contributed by atoms with Crippen LogP contribution in [0.4, 0.5) is 10.1 Å². The van der Waals surface area contributed by atoms with Gasteiger partial charge in [0.1, 0.15) is 5.82 Å². The predicted octanol–water partition coefficient (Wildman–Crippen LogP) is 2.43. The summed E-state index contributed by atoms with van der Waals surface area (Å²) in [6.45, 7) is 1.58. The minimum absolute atomic E-state index is 0.0206. The fourth-order valence-electron chi connectivity index (χ4n) is 1.69. The van der Waals surface area contributed by atoms with Gasteiger partial charge in [0.25, 0.3) is 10.0 Å². The number of aryl methyl sites for hydroxylation is 1. The monoisotopic (exact) mass is 295 g/mol. The van der Waals surface area contributed by atoms with Crippen LogP contribution in [-0.4, -0.2) is 13.5 Å². The first kappa shape index (κ1) is 14.5. The zero-order valence-electron chi connectivity index (χ0n) is 10.8. The minimum Gasteiger partial charge on any atom is -0.392 e. The second kappa shape index (κ2) is 5.60. The summed E-state index contributed by atoms with van der Waals surface area (Å²) >= 11 is 0. The van der Waals surface area contributed by atoms with Crippen LogP contribution in [0, 0.1) is 12.7 Å². The average Bonchev–Trinajstić information content (AvgIpc) is 2.41. The largest absolute Gasteiger partial charge is 0.392 e. The van der Waals surface area contributed by atoms with E-state index < -0.39 is 15.8 Å². The summed E-state index contributed by atoms with van der Waals surface area (Å²) in [5.41, 5.74) is 1.72. The summed E-state index contributed by atoms with van der Waals surface area (Å²) in [4.78, 5) is -0.0206. The van der Waals surface area contributed by atoms with Crippen LogP contribution < -0.4 is 4.72 Å². The molecule has 0 saturated heterocycles. The summed E-state index contributed by atoms with van der Waals surface area (Å²) in [5, 5.41) is 9.08. The lowest BCUT2D eigenvalue weighted by atomic mass is 10.1. The lowest BCUT2D eigenvalue weighted by molar-refractivity contribution is 0.282. The van der Waals surface area contributed by atoms with Crippen molar-refractivity contribution in [1.29, 1.82) is 0 Å². The first-order chi connectivity index (χ1) is 9.42. The van der Waals surface area contributed by atoms with E-state index in [1.165, 1.54) is 12.1 Å². The molecule has 0 aliphatic heterocycles. The normalized spacial score (nSPS) is 11.3. The Bertz CT molecular complexity index is 712. The first-order valence-electron chi connectivity index (χ1n) is 5.91. The molecule has 0 atom stereocenters. The molecule has 2 N–H and O–H groups in total. The lowest BCUT2D eigenvalue weighted by Crippen LogP contribution is -2.14. The molecule has 0 saturated carbocycles. The zero-order valence-corrected chi connectivity index (χ0v) is 11.6. The molecule has 106 valence electrons. The summed E-state index contributed by atoms with van der Waals surface area (Å²) < 4.78 is 39.6. The number of benzene rings is 2. The van der Waals surface area contributed by atoms with E-state index in [-0.39, 0.29) is 11.5 Å². The second-order valence-electron chi connectivity index (χ2n) is 4.37. The smallest absolute Gasteiger partial charge is 0.261 e. The van der Waals surface area contributed by atoms with Crippen LogP contribution in [-0.2, 0) is 16.6 Å². The summed E-state index contributed by atoms with van der Waals surface area (Å²) in [6.07, 6.45) is 0. The molecular formula is C14H14FNO3S. The quantitative estimate of drug-likeness (QED) is 0.910. The highest BCUT2D eigenvalue weighted by Crippen LogP contribution is 2.21. The summed E-state index contributed by atoms with van der Waals surface area (Å²) in [5.74, 6) is -0.498. The Labute approximate surface area is 116 Å². The van der Waals surface area contributed by atoms with E-state index in [1.54, 1.807) is 25.1 Å². The fourth-order valence-corrected chi connectivity index (χ4v) is 2.82. The van der Waals surface area contributed by atoms with Gasteiger partial charge in [-0.1, -0.05) is 12.1 Å². The predicted molar refractivity (Wildman–Crippen MR) is 74.3 cm³/mol. The average molecular weight is 295 g/mol. The van der Waals surface area contributed by atoms with Crippen LogP contribution in [0.3, 0.4) is 0 Å². The standard InChI is InChI=1S/C14H14FNO3S/c1-10-2-3-11(9-17)8-14(10)16-20(18,19)13-6-4-12(15)5-7-13/h2-8,16-17H,9H2,1H3. The molecule has 0 radical (unpaired) electrons. The van der Waals surface area contributed by atoms with Gasteiger partial charge in [-0.15, -0.1) is 0 Å². The van der Waals surface area contributed by atoms with Gasteiger partial charge >= 0.3 is 0 Å². The molecule has 0 aromatic heterocycles. The summed E-state index contributed by atoms with van der Waals surface area (Å²) in [7, 11) is -3.78. The molecule has 0 bridgehead atoms. The molecule has 2 rings (SSSR count). The number of aliphatic hydroxyl groups is 1. The van der Waals surface area contributed by atoms with Crippen LogP contribution in [0.15, 0.2) is 47.4 Å². The van der Waals surface area contributed by atoms with Crippen molar-refractivity contribution in [2.45, 2.75) is 18.4 Å². The van der Waals surface area contributed by atoms with Crippen molar-refractivity contribution >= 4 is 15.7 Å². The van der Waals surface area contributed by atoms with E-state index in [4.69, 9.17) is 5.11 Å². The molecule has 0 amide bonds. The van der Waals surface area contributed by atoms with Crippen LogP contribution in [0.5, 0.6) is 0 Å². The number of hydrogen-bond acceptors (Lipinski definition) is 3. The van der Waals surface area contributed by atoms with Crippen molar-refractivity contribution in [3.8, 4) is 0 Å². The maximum Gasteiger partial charge on any atom is 0.261 e. The number of hydrogen-bond donors (Lipinski definition) is 2. The fraction of sp³-hybridized carbons (Fsp3) is 0.143. The third-order valence-electron chi connectivity index (χ3n) is 2.85. The van der Waals surface area contributed by atoms with Gasteiger partial charge in [-0.3, -0.25) is 4.72 Å². The van der Waals surface area contributed by atoms with Crippen molar-refractivity contribution < 1.29 is 17.9 Å². The van der Waals surface area contributed by atoms with Gasteiger partial charge in [0, 0.05) is 0 Å². The zero-order chi connectivity index (χ0) is 14.8. The van der Waals surface area contributed by atoms with Gasteiger partial charge in [0.15, 0.2) is 0 Å². The van der Waals surface area contributed by atoms with Crippen LogP contribution >= 0.6 is 0 Å². The molecule has 0 aliphatic rings. The van der Waals surface area contributed by atoms with Crippen molar-refractivity contribution in [3.63, 3.8) is 0 Å². The van der Waals surface area contributed by atoms with Gasteiger partial charge in [0.05, 0.1) is 17.2 Å². The molecule has 2 aromatic rings. The molecule has 2 aromatic carbocycles. The minimum atomic E-state index is -3.78. The van der Waals surface area contributed by atoms with E-state index in [0.717, 1.165) is 17.7 Å². The number of anilines is 1. The van der Waals surface area contributed by atoms with Crippen LogP contribution in [0.2, 0.25) is 0 Å². The molecule has 4 nitrogen and oxygen atoms in total. The highest BCUT2D eigenvalue weighted by atomic mass is 32.2. The Morgan fingerprint density at radius 1 is 1.15 bits per heavy atom. The Hall–Kier alpha value is -1.92. The Morgan fingerprint density at radius 2 is 1.80 bits per heavy atom. The van der Waals surface area contributed by atoms with E-state index in [9.17, 15) is 12.8 Å². The summed E-state index contributed by atoms with van der Waals surface area (Å²) in [6, 6.07) is 9.57. The SMILES string of the molecule is Cc1ccc(CO)cc1NS(=O)(=O)c1ccc(F)cc1. The molecule has 20 heavy (non-hydrogen) atoms. The number of rotatable bonds is 4. The van der Waals surface area contributed by atoms with Crippen molar-refractivity contribution in [2.24, 2.45) is 0 Å². The van der Waals surface area contributed by atoms with Crippen molar-refractivity contribution in [2.75, 3.05) is 4.72 Å². The van der Waals surface area contributed by atoms with Gasteiger partial charge in [-0.2, -0.15) is 0 Å². The Kier molecular flexibility index (Phi) is 4.06. The Morgan fingerprint density at radius 3 is 2.40 bits per heavy atom. The van der Waals surface area contributed by atoms with E-state index in [0.29, 0.717) is 11.3 Å².